The molecule has 0 saturated heterocycles. The largest absolute Gasteiger partial charge is 0.363 e. The molecule has 2 N–H and O–H groups in total. The van der Waals surface area contributed by atoms with Gasteiger partial charge in [0.2, 0.25) is 0 Å². The third-order valence-corrected chi connectivity index (χ3v) is 5.00. The molecule has 0 bridgehead atoms. The Morgan fingerprint density at radius 3 is 2.31 bits per heavy atom. The molecule has 1 aromatic heterocycles. The van der Waals surface area contributed by atoms with Gasteiger partial charge in [-0.2, -0.15) is 0 Å². The molecule has 0 aliphatic heterocycles. The average molecular weight is 376 g/mol. The van der Waals surface area contributed by atoms with Crippen LogP contribution in [0, 0.1) is 0 Å². The van der Waals surface area contributed by atoms with Crippen LogP contribution in [0.5, 0.6) is 0 Å². The van der Waals surface area contributed by atoms with E-state index in [0.29, 0.717) is 6.54 Å². The first-order valence-corrected chi connectivity index (χ1v) is 10.0. The highest BCUT2D eigenvalue weighted by Crippen LogP contribution is 2.16. The molecule has 26 heavy (non-hydrogen) atoms. The monoisotopic (exact) mass is 376 g/mol. The third kappa shape index (κ3) is 5.45. The molecular weight excluding hydrogens is 352 g/mol. The van der Waals surface area contributed by atoms with Crippen molar-refractivity contribution in [1.29, 1.82) is 0 Å². The van der Waals surface area contributed by atoms with Gasteiger partial charge >= 0.3 is 6.03 Å². The van der Waals surface area contributed by atoms with Gasteiger partial charge in [-0.05, 0) is 36.2 Å². The van der Waals surface area contributed by atoms with E-state index in [1.54, 1.807) is 30.5 Å². The number of nitrogens with zero attached hydrogens (tertiary/aromatic N) is 2. The number of anilines is 1. The maximum atomic E-state index is 12.1. The van der Waals surface area contributed by atoms with Gasteiger partial charge in [-0.1, -0.05) is 18.2 Å². The number of hydrogen-bond acceptors (Lipinski definition) is 5. The zero-order valence-electron chi connectivity index (χ0n) is 15.4. The van der Waals surface area contributed by atoms with Gasteiger partial charge in [-0.15, -0.1) is 0 Å². The number of rotatable bonds is 6. The topological polar surface area (TPSA) is 91.4 Å². The van der Waals surface area contributed by atoms with Crippen LogP contribution in [0.3, 0.4) is 0 Å². The van der Waals surface area contributed by atoms with Gasteiger partial charge in [0.1, 0.15) is 5.82 Å². The molecule has 1 unspecified atom stereocenters. The second kappa shape index (κ2) is 8.18. The minimum Gasteiger partial charge on any atom is -0.363 e. The summed E-state index contributed by atoms with van der Waals surface area (Å²) in [6.45, 7) is 2.20. The highest BCUT2D eigenvalue weighted by Gasteiger charge is 2.11. The Hall–Kier alpha value is -2.61. The average Bonchev–Trinajstić information content (AvgIpc) is 2.59. The molecule has 2 rings (SSSR count). The highest BCUT2D eigenvalue weighted by molar-refractivity contribution is 7.90. The van der Waals surface area contributed by atoms with Gasteiger partial charge in [0.25, 0.3) is 0 Å². The molecule has 0 fully saturated rings. The Morgan fingerprint density at radius 1 is 1.15 bits per heavy atom. The zero-order chi connectivity index (χ0) is 19.3. The lowest BCUT2D eigenvalue weighted by Gasteiger charge is -2.16. The Labute approximate surface area is 154 Å². The normalized spacial score (nSPS) is 12.3. The van der Waals surface area contributed by atoms with E-state index in [2.05, 4.69) is 15.6 Å². The van der Waals surface area contributed by atoms with Crippen molar-refractivity contribution >= 4 is 21.7 Å². The first kappa shape index (κ1) is 19.7. The molecule has 1 atom stereocenters. The standard InChI is InChI=1S/C18H24N4O3S/c1-13(15-6-8-16(9-7-15)26(4,24)25)21-18(23)20-12-14-5-10-17(19-11-14)22(2)3/h5-11,13H,12H2,1-4H3,(H2,20,21,23). The summed E-state index contributed by atoms with van der Waals surface area (Å²) in [5.74, 6) is 0.851. The maximum absolute atomic E-state index is 12.1. The molecular formula is C18H24N4O3S. The molecule has 0 spiro atoms. The molecule has 0 saturated carbocycles. The van der Waals surface area contributed by atoms with Gasteiger partial charge in [0, 0.05) is 33.1 Å². The van der Waals surface area contributed by atoms with Crippen molar-refractivity contribution in [3.05, 3.63) is 53.7 Å². The van der Waals surface area contributed by atoms with Gasteiger partial charge in [0.05, 0.1) is 10.9 Å². The quantitative estimate of drug-likeness (QED) is 0.806. The first-order chi connectivity index (χ1) is 12.2. The van der Waals surface area contributed by atoms with Gasteiger partial charge < -0.3 is 15.5 Å². The second-order valence-electron chi connectivity index (χ2n) is 6.31. The van der Waals surface area contributed by atoms with Gasteiger partial charge in [-0.25, -0.2) is 18.2 Å². The van der Waals surface area contributed by atoms with E-state index in [1.165, 1.54) is 0 Å². The number of carbonyl (C=O) groups is 1. The van der Waals surface area contributed by atoms with E-state index in [9.17, 15) is 13.2 Å². The summed E-state index contributed by atoms with van der Waals surface area (Å²) in [6.07, 6.45) is 2.89. The number of benzene rings is 1. The summed E-state index contributed by atoms with van der Waals surface area (Å²) in [6, 6.07) is 9.73. The van der Waals surface area contributed by atoms with Crippen molar-refractivity contribution in [2.24, 2.45) is 0 Å². The van der Waals surface area contributed by atoms with Gasteiger partial charge in [-0.3, -0.25) is 0 Å². The fourth-order valence-electron chi connectivity index (χ4n) is 2.30. The lowest BCUT2D eigenvalue weighted by molar-refractivity contribution is 0.237. The number of amides is 2. The van der Waals surface area contributed by atoms with Crippen LogP contribution in [0.25, 0.3) is 0 Å². The van der Waals surface area contributed by atoms with E-state index >= 15 is 0 Å². The summed E-state index contributed by atoms with van der Waals surface area (Å²) in [5, 5.41) is 5.61. The van der Waals surface area contributed by atoms with Crippen molar-refractivity contribution in [3.8, 4) is 0 Å². The molecule has 8 heteroatoms. The van der Waals surface area contributed by atoms with Crippen molar-refractivity contribution in [3.63, 3.8) is 0 Å². The van der Waals surface area contributed by atoms with E-state index < -0.39 is 9.84 Å². The smallest absolute Gasteiger partial charge is 0.315 e. The van der Waals surface area contributed by atoms with Crippen LogP contribution in [0.4, 0.5) is 10.6 Å². The second-order valence-corrected chi connectivity index (χ2v) is 8.32. The van der Waals surface area contributed by atoms with Crippen molar-refractivity contribution in [2.75, 3.05) is 25.3 Å². The van der Waals surface area contributed by atoms with E-state index in [4.69, 9.17) is 0 Å². The van der Waals surface area contributed by atoms with Gasteiger partial charge in [0.15, 0.2) is 9.84 Å². The highest BCUT2D eigenvalue weighted by atomic mass is 32.2. The Balaban J connectivity index is 1.88. The minimum atomic E-state index is -3.22. The fraction of sp³-hybridized carbons (Fsp3) is 0.333. The molecule has 2 amide bonds. The number of hydrogen-bond donors (Lipinski definition) is 2. The van der Waals surface area contributed by atoms with E-state index in [0.717, 1.165) is 23.2 Å². The molecule has 1 heterocycles. The van der Waals surface area contributed by atoms with Crippen LogP contribution in [0.15, 0.2) is 47.5 Å². The molecule has 7 nitrogen and oxygen atoms in total. The number of pyridine rings is 1. The Kier molecular flexibility index (Phi) is 6.20. The first-order valence-electron chi connectivity index (χ1n) is 8.13. The molecule has 2 aromatic rings. The zero-order valence-corrected chi connectivity index (χ0v) is 16.2. The van der Waals surface area contributed by atoms with Crippen LogP contribution >= 0.6 is 0 Å². The number of urea groups is 1. The van der Waals surface area contributed by atoms with Crippen molar-refractivity contribution in [1.82, 2.24) is 15.6 Å². The van der Waals surface area contributed by atoms with Crippen LogP contribution in [0.2, 0.25) is 0 Å². The number of nitrogens with one attached hydrogen (secondary N) is 2. The van der Waals surface area contributed by atoms with Crippen LogP contribution in [-0.4, -0.2) is 39.8 Å². The number of aromatic nitrogens is 1. The maximum Gasteiger partial charge on any atom is 0.315 e. The lowest BCUT2D eigenvalue weighted by Crippen LogP contribution is -2.36. The number of sulfone groups is 1. The fourth-order valence-corrected chi connectivity index (χ4v) is 2.93. The number of carbonyl (C=O) groups excluding carboxylic acids is 1. The van der Waals surface area contributed by atoms with Crippen molar-refractivity contribution < 1.29 is 13.2 Å². The molecule has 1 aromatic carbocycles. The van der Waals surface area contributed by atoms with E-state index in [1.807, 2.05) is 38.1 Å². The molecule has 0 aliphatic carbocycles. The minimum absolute atomic E-state index is 0.252. The summed E-state index contributed by atoms with van der Waals surface area (Å²) >= 11 is 0. The SMILES string of the molecule is CC(NC(=O)NCc1ccc(N(C)C)nc1)c1ccc(S(C)(=O)=O)cc1. The predicted octanol–water partition coefficient (Wildman–Crippen LogP) is 2.11. The summed E-state index contributed by atoms with van der Waals surface area (Å²) < 4.78 is 23.0. The molecule has 0 radical (unpaired) electrons. The summed E-state index contributed by atoms with van der Waals surface area (Å²) in [7, 11) is 0.604. The molecule has 140 valence electrons. The van der Waals surface area contributed by atoms with Crippen LogP contribution in [-0.2, 0) is 16.4 Å². The summed E-state index contributed by atoms with van der Waals surface area (Å²) in [5.41, 5.74) is 1.72. The van der Waals surface area contributed by atoms with Crippen LogP contribution < -0.4 is 15.5 Å². The predicted molar refractivity (Wildman–Crippen MR) is 102 cm³/mol. The summed E-state index contributed by atoms with van der Waals surface area (Å²) in [4.78, 5) is 18.5. The Bertz CT molecular complexity index is 847. The van der Waals surface area contributed by atoms with Crippen LogP contribution in [0.1, 0.15) is 24.1 Å². The van der Waals surface area contributed by atoms with Crippen molar-refractivity contribution in [2.45, 2.75) is 24.4 Å². The van der Waals surface area contributed by atoms with E-state index in [-0.39, 0.29) is 17.0 Å². The lowest BCUT2D eigenvalue weighted by atomic mass is 10.1. The Morgan fingerprint density at radius 2 is 1.81 bits per heavy atom. The molecule has 0 aliphatic rings. The third-order valence-electron chi connectivity index (χ3n) is 3.88.